The second kappa shape index (κ2) is 11.8. The fourth-order valence-electron chi connectivity index (χ4n) is 3.58. The van der Waals surface area contributed by atoms with E-state index in [4.69, 9.17) is 4.74 Å². The molecule has 1 aromatic carbocycles. The first-order valence-electron chi connectivity index (χ1n) is 10.3. The summed E-state index contributed by atoms with van der Waals surface area (Å²) in [5.74, 6) is -3.74. The summed E-state index contributed by atoms with van der Waals surface area (Å²) in [5.41, 5.74) is 0. The number of alkyl halides is 2. The molecule has 4 atom stereocenters. The number of benzene rings is 1. The highest BCUT2D eigenvalue weighted by molar-refractivity contribution is 5.75. The molecule has 5 nitrogen and oxygen atoms in total. The second-order valence-corrected chi connectivity index (χ2v) is 7.61. The number of hydrogen-bond acceptors (Lipinski definition) is 4. The van der Waals surface area contributed by atoms with Crippen molar-refractivity contribution in [3.8, 4) is 5.75 Å². The van der Waals surface area contributed by atoms with Crippen LogP contribution < -0.4 is 10.1 Å². The van der Waals surface area contributed by atoms with Gasteiger partial charge in [-0.2, -0.15) is 8.78 Å². The van der Waals surface area contributed by atoms with Crippen LogP contribution in [0.4, 0.5) is 8.78 Å². The van der Waals surface area contributed by atoms with Crippen molar-refractivity contribution in [2.24, 2.45) is 11.8 Å². The summed E-state index contributed by atoms with van der Waals surface area (Å²) in [6.45, 7) is -0.797. The van der Waals surface area contributed by atoms with Gasteiger partial charge in [-0.1, -0.05) is 36.4 Å². The lowest BCUT2D eigenvalue weighted by Gasteiger charge is -2.20. The van der Waals surface area contributed by atoms with E-state index in [2.05, 4.69) is 5.32 Å². The van der Waals surface area contributed by atoms with Gasteiger partial charge in [0.15, 0.2) is 6.61 Å². The number of aliphatic hydroxyl groups is 2. The van der Waals surface area contributed by atoms with Crippen LogP contribution >= 0.6 is 0 Å². The lowest BCUT2D eigenvalue weighted by atomic mass is 9.89. The van der Waals surface area contributed by atoms with Crippen molar-refractivity contribution in [1.29, 1.82) is 0 Å². The first-order chi connectivity index (χ1) is 14.3. The van der Waals surface area contributed by atoms with Crippen molar-refractivity contribution in [2.75, 3.05) is 13.7 Å². The molecule has 1 amide bonds. The number of hydrogen-bond donors (Lipinski definition) is 3. The predicted molar refractivity (Wildman–Crippen MR) is 111 cm³/mol. The van der Waals surface area contributed by atoms with Crippen LogP contribution in [0.3, 0.4) is 0 Å². The topological polar surface area (TPSA) is 78.8 Å². The third-order valence-electron chi connectivity index (χ3n) is 5.28. The molecule has 0 bridgehead atoms. The zero-order valence-corrected chi connectivity index (χ0v) is 17.2. The molecule has 0 saturated heterocycles. The highest BCUT2D eigenvalue weighted by Gasteiger charge is 2.40. The number of nitrogens with one attached hydrogen (secondary N) is 1. The Morgan fingerprint density at radius 2 is 1.97 bits per heavy atom. The lowest BCUT2D eigenvalue weighted by Crippen LogP contribution is -2.25. The number of unbranched alkanes of at least 4 members (excludes halogenated alkanes) is 1. The fourth-order valence-corrected chi connectivity index (χ4v) is 3.58. The van der Waals surface area contributed by atoms with Gasteiger partial charge in [-0.15, -0.1) is 0 Å². The Morgan fingerprint density at radius 1 is 1.23 bits per heavy atom. The van der Waals surface area contributed by atoms with Gasteiger partial charge < -0.3 is 20.3 Å². The van der Waals surface area contributed by atoms with Gasteiger partial charge >= 0.3 is 0 Å². The van der Waals surface area contributed by atoms with Crippen LogP contribution in [0.1, 0.15) is 32.1 Å². The summed E-state index contributed by atoms with van der Waals surface area (Å²) in [6.07, 6.45) is 6.76. The minimum absolute atomic E-state index is 0.0138. The van der Waals surface area contributed by atoms with Gasteiger partial charge in [0, 0.05) is 25.8 Å². The number of carbonyl (C=O) groups excluding carboxylic acids is 1. The van der Waals surface area contributed by atoms with E-state index in [-0.39, 0.29) is 18.2 Å². The number of rotatable bonds is 11. The molecular formula is C23H31F2NO4. The Hall–Kier alpha value is -2.25. The predicted octanol–water partition coefficient (Wildman–Crippen LogP) is 3.48. The van der Waals surface area contributed by atoms with Gasteiger partial charge in [0.25, 0.3) is 5.92 Å². The number of allylic oxidation sites excluding steroid dienone is 2. The molecule has 1 aliphatic rings. The average Bonchev–Trinajstić information content (AvgIpc) is 3.00. The monoisotopic (exact) mass is 423 g/mol. The third kappa shape index (κ3) is 7.88. The number of halogens is 2. The second-order valence-electron chi connectivity index (χ2n) is 7.61. The zero-order chi connectivity index (χ0) is 22.0. The van der Waals surface area contributed by atoms with E-state index in [0.717, 1.165) is 6.08 Å². The first kappa shape index (κ1) is 24.0. The number of aliphatic hydroxyl groups excluding tert-OH is 2. The summed E-state index contributed by atoms with van der Waals surface area (Å²) >= 11 is 0. The van der Waals surface area contributed by atoms with E-state index in [0.29, 0.717) is 31.4 Å². The molecule has 2 rings (SSSR count). The Balaban J connectivity index is 1.87. The highest BCUT2D eigenvalue weighted by Crippen LogP contribution is 2.37. The van der Waals surface area contributed by atoms with Crippen LogP contribution in [0, 0.1) is 11.8 Å². The van der Waals surface area contributed by atoms with Gasteiger partial charge in [0.2, 0.25) is 5.91 Å². The van der Waals surface area contributed by atoms with Crippen molar-refractivity contribution < 1.29 is 28.5 Å². The van der Waals surface area contributed by atoms with Gasteiger partial charge in [-0.3, -0.25) is 4.79 Å². The van der Waals surface area contributed by atoms with Gasteiger partial charge in [-0.25, -0.2) is 0 Å². The maximum absolute atomic E-state index is 14.2. The summed E-state index contributed by atoms with van der Waals surface area (Å²) in [5, 5.41) is 23.0. The molecule has 3 N–H and O–H groups in total. The quantitative estimate of drug-likeness (QED) is 0.376. The smallest absolute Gasteiger partial charge is 0.299 e. The van der Waals surface area contributed by atoms with Crippen molar-refractivity contribution >= 4 is 5.91 Å². The van der Waals surface area contributed by atoms with E-state index in [1.165, 1.54) is 6.08 Å². The van der Waals surface area contributed by atoms with E-state index in [1.54, 1.807) is 37.4 Å². The molecule has 1 saturated carbocycles. The van der Waals surface area contributed by atoms with Crippen LogP contribution in [0.25, 0.3) is 0 Å². The molecule has 1 aliphatic carbocycles. The largest absolute Gasteiger partial charge is 0.487 e. The highest BCUT2D eigenvalue weighted by atomic mass is 19.3. The maximum atomic E-state index is 14.2. The Kier molecular flexibility index (Phi) is 9.46. The van der Waals surface area contributed by atoms with Gasteiger partial charge in [0.1, 0.15) is 5.75 Å². The van der Waals surface area contributed by atoms with Crippen molar-refractivity contribution in [3.63, 3.8) is 0 Å². The molecule has 0 radical (unpaired) electrons. The molecule has 0 aromatic heterocycles. The molecular weight excluding hydrogens is 392 g/mol. The van der Waals surface area contributed by atoms with Crippen molar-refractivity contribution in [3.05, 3.63) is 54.6 Å². The normalized spacial score (nSPS) is 24.6. The summed E-state index contributed by atoms with van der Waals surface area (Å²) in [6, 6.07) is 8.39. The molecule has 1 aromatic rings. The molecule has 0 aliphatic heterocycles. The van der Waals surface area contributed by atoms with Crippen molar-refractivity contribution in [1.82, 2.24) is 5.32 Å². The number of para-hydroxylation sites is 1. The fraction of sp³-hybridized carbons (Fsp3) is 0.522. The minimum Gasteiger partial charge on any atom is -0.487 e. The zero-order valence-electron chi connectivity index (χ0n) is 17.2. The molecule has 7 heteroatoms. The minimum atomic E-state index is -3.19. The van der Waals surface area contributed by atoms with Crippen LogP contribution in [-0.2, 0) is 4.79 Å². The average molecular weight is 424 g/mol. The Morgan fingerprint density at radius 3 is 2.67 bits per heavy atom. The van der Waals surface area contributed by atoms with E-state index in [1.807, 2.05) is 12.2 Å². The lowest BCUT2D eigenvalue weighted by molar-refractivity contribution is -0.120. The van der Waals surface area contributed by atoms with Crippen LogP contribution in [0.2, 0.25) is 0 Å². The molecule has 0 unspecified atom stereocenters. The van der Waals surface area contributed by atoms with Crippen molar-refractivity contribution in [2.45, 2.75) is 50.2 Å². The Bertz CT molecular complexity index is 708. The van der Waals surface area contributed by atoms with E-state index in [9.17, 15) is 23.8 Å². The molecule has 30 heavy (non-hydrogen) atoms. The summed E-state index contributed by atoms with van der Waals surface area (Å²) in [4.78, 5) is 11.2. The van der Waals surface area contributed by atoms with E-state index < -0.39 is 30.7 Å². The van der Waals surface area contributed by atoms with Crippen LogP contribution in [-0.4, -0.2) is 47.9 Å². The SMILES string of the molecule is CNC(=O)CCCC=CC[C@@H]1[C@@H](C=CC(F)(F)COc2ccccc2)[C@H](O)C[C@@H]1O. The summed E-state index contributed by atoms with van der Waals surface area (Å²) < 4.78 is 33.5. The Labute approximate surface area is 176 Å². The van der Waals surface area contributed by atoms with Gasteiger partial charge in [0.05, 0.1) is 12.2 Å². The maximum Gasteiger partial charge on any atom is 0.299 e. The van der Waals surface area contributed by atoms with Crippen LogP contribution in [0.15, 0.2) is 54.6 Å². The molecule has 0 heterocycles. The first-order valence-corrected chi connectivity index (χ1v) is 10.3. The summed E-state index contributed by atoms with van der Waals surface area (Å²) in [7, 11) is 1.59. The standard InChI is InChI=1S/C23H31F2NO4/c1-26-22(29)12-8-3-2-7-11-18-19(21(28)15-20(18)27)13-14-23(24,25)16-30-17-9-5-4-6-10-17/h2,4-7,9-10,13-14,18-21,27-28H,3,8,11-12,15-16H2,1H3,(H,26,29)/t18-,19-,20+,21-/m1/s1. The molecule has 0 spiro atoms. The molecule has 166 valence electrons. The number of amides is 1. The van der Waals surface area contributed by atoms with Gasteiger partial charge in [-0.05, 0) is 43.4 Å². The number of ether oxygens (including phenoxy) is 1. The van der Waals surface area contributed by atoms with Crippen LogP contribution in [0.5, 0.6) is 5.75 Å². The third-order valence-corrected chi connectivity index (χ3v) is 5.28. The van der Waals surface area contributed by atoms with E-state index >= 15 is 0 Å². The number of carbonyl (C=O) groups is 1. The molecule has 1 fully saturated rings.